The highest BCUT2D eigenvalue weighted by molar-refractivity contribution is 6.31. The zero-order valence-electron chi connectivity index (χ0n) is 10.1. The van der Waals surface area contributed by atoms with Crippen molar-refractivity contribution in [3.8, 4) is 17.2 Å². The van der Waals surface area contributed by atoms with E-state index < -0.39 is 5.75 Å². The zero-order valence-corrected chi connectivity index (χ0v) is 10.9. The molecule has 19 heavy (non-hydrogen) atoms. The van der Waals surface area contributed by atoms with Gasteiger partial charge in [0, 0.05) is 23.7 Å². The van der Waals surface area contributed by atoms with Crippen LogP contribution in [0.2, 0.25) is 5.02 Å². The molecule has 2 aromatic carbocycles. The predicted octanol–water partition coefficient (Wildman–Crippen LogP) is 2.75. The Kier molecular flexibility index (Phi) is 4.14. The average Bonchev–Trinajstić information content (AvgIpc) is 2.41. The van der Waals surface area contributed by atoms with Crippen molar-refractivity contribution in [2.24, 2.45) is 0 Å². The molecule has 0 saturated heterocycles. The number of rotatable bonds is 4. The highest BCUT2D eigenvalue weighted by Gasteiger charge is 2.10. The van der Waals surface area contributed by atoms with Gasteiger partial charge >= 0.3 is 0 Å². The smallest absolute Gasteiger partial charge is 0.200 e. The molecule has 0 amide bonds. The summed E-state index contributed by atoms with van der Waals surface area (Å²) in [6.07, 6.45) is 0. The summed E-state index contributed by atoms with van der Waals surface area (Å²) in [5.41, 5.74) is 1.45. The van der Waals surface area contributed by atoms with Crippen molar-refractivity contribution in [3.63, 3.8) is 0 Å². The van der Waals surface area contributed by atoms with Crippen molar-refractivity contribution in [2.45, 2.75) is 13.1 Å². The van der Waals surface area contributed by atoms with E-state index in [1.807, 2.05) is 24.3 Å². The molecule has 2 aromatic rings. The molecular weight excluding hydrogens is 266 g/mol. The molecule has 0 aromatic heterocycles. The van der Waals surface area contributed by atoms with Gasteiger partial charge in [-0.3, -0.25) is 0 Å². The number of hydrogen-bond acceptors (Lipinski definition) is 4. The Hall–Kier alpha value is -1.91. The van der Waals surface area contributed by atoms with Crippen LogP contribution < -0.4 is 5.32 Å². The van der Waals surface area contributed by atoms with Crippen molar-refractivity contribution in [1.82, 2.24) is 5.32 Å². The molecule has 0 aliphatic heterocycles. The molecule has 0 fully saturated rings. The largest absolute Gasteiger partial charge is 0.504 e. The maximum atomic E-state index is 9.65. The summed E-state index contributed by atoms with van der Waals surface area (Å²) in [5, 5.41) is 32.1. The van der Waals surface area contributed by atoms with Crippen molar-refractivity contribution >= 4 is 11.6 Å². The van der Waals surface area contributed by atoms with Crippen LogP contribution in [0.4, 0.5) is 0 Å². The third-order valence-electron chi connectivity index (χ3n) is 2.80. The molecule has 0 radical (unpaired) electrons. The summed E-state index contributed by atoms with van der Waals surface area (Å²) in [4.78, 5) is 0. The van der Waals surface area contributed by atoms with Crippen LogP contribution in [0.25, 0.3) is 0 Å². The molecule has 0 bridgehead atoms. The van der Waals surface area contributed by atoms with E-state index in [1.54, 1.807) is 6.07 Å². The minimum atomic E-state index is -0.503. The second-order valence-corrected chi connectivity index (χ2v) is 4.54. The van der Waals surface area contributed by atoms with Crippen LogP contribution in [0, 0.1) is 0 Å². The predicted molar refractivity (Wildman–Crippen MR) is 73.4 cm³/mol. The quantitative estimate of drug-likeness (QED) is 0.650. The first-order chi connectivity index (χ1) is 9.09. The Morgan fingerprint density at radius 3 is 2.26 bits per heavy atom. The average molecular weight is 280 g/mol. The van der Waals surface area contributed by atoms with Gasteiger partial charge in [-0.1, -0.05) is 35.9 Å². The van der Waals surface area contributed by atoms with Crippen LogP contribution in [-0.2, 0) is 13.1 Å². The van der Waals surface area contributed by atoms with Crippen LogP contribution >= 0.6 is 11.6 Å². The Bertz CT molecular complexity index is 587. The van der Waals surface area contributed by atoms with Gasteiger partial charge in [0.2, 0.25) is 5.75 Å². The number of benzene rings is 2. The summed E-state index contributed by atoms with van der Waals surface area (Å²) in [7, 11) is 0. The first-order valence-electron chi connectivity index (χ1n) is 5.76. The fourth-order valence-corrected chi connectivity index (χ4v) is 1.93. The molecule has 4 N–H and O–H groups in total. The standard InChI is InChI=1S/C14H14ClNO3/c15-11-4-2-1-3-9(11)7-16-8-10-5-6-12(17)14(19)13(10)18/h1-6,16-19H,7-8H2. The van der Waals surface area contributed by atoms with Gasteiger partial charge in [0.15, 0.2) is 11.5 Å². The van der Waals surface area contributed by atoms with E-state index in [1.165, 1.54) is 6.07 Å². The molecular formula is C14H14ClNO3. The van der Waals surface area contributed by atoms with E-state index in [0.717, 1.165) is 5.56 Å². The van der Waals surface area contributed by atoms with Crippen LogP contribution in [0.3, 0.4) is 0 Å². The Morgan fingerprint density at radius 1 is 0.842 bits per heavy atom. The van der Waals surface area contributed by atoms with E-state index in [-0.39, 0.29) is 11.5 Å². The number of phenolic OH excluding ortho intramolecular Hbond substituents is 3. The van der Waals surface area contributed by atoms with E-state index >= 15 is 0 Å². The monoisotopic (exact) mass is 279 g/mol. The minimum Gasteiger partial charge on any atom is -0.504 e. The minimum absolute atomic E-state index is 0.313. The topological polar surface area (TPSA) is 72.7 Å². The molecule has 0 aliphatic carbocycles. The van der Waals surface area contributed by atoms with E-state index in [9.17, 15) is 15.3 Å². The molecule has 4 nitrogen and oxygen atoms in total. The van der Waals surface area contributed by atoms with Crippen molar-refractivity contribution < 1.29 is 15.3 Å². The maximum absolute atomic E-state index is 9.65. The lowest BCUT2D eigenvalue weighted by atomic mass is 10.1. The van der Waals surface area contributed by atoms with Gasteiger partial charge in [-0.2, -0.15) is 0 Å². The van der Waals surface area contributed by atoms with Gasteiger partial charge in [0.1, 0.15) is 0 Å². The second kappa shape index (κ2) is 5.82. The summed E-state index contributed by atoms with van der Waals surface area (Å²) in [6.45, 7) is 0.894. The maximum Gasteiger partial charge on any atom is 0.200 e. The van der Waals surface area contributed by atoms with Gasteiger partial charge in [0.05, 0.1) is 0 Å². The molecule has 0 aliphatic rings. The first-order valence-corrected chi connectivity index (χ1v) is 6.14. The van der Waals surface area contributed by atoms with Crippen LogP contribution in [-0.4, -0.2) is 15.3 Å². The third kappa shape index (κ3) is 3.10. The van der Waals surface area contributed by atoms with Crippen LogP contribution in [0.5, 0.6) is 17.2 Å². The number of aromatic hydroxyl groups is 3. The van der Waals surface area contributed by atoms with Gasteiger partial charge in [-0.15, -0.1) is 0 Å². The summed E-state index contributed by atoms with van der Waals surface area (Å²) in [6, 6.07) is 10.3. The van der Waals surface area contributed by atoms with Gasteiger partial charge in [-0.05, 0) is 17.7 Å². The lowest BCUT2D eigenvalue weighted by Gasteiger charge is -2.09. The second-order valence-electron chi connectivity index (χ2n) is 4.14. The Morgan fingerprint density at radius 2 is 1.53 bits per heavy atom. The van der Waals surface area contributed by atoms with Gasteiger partial charge in [-0.25, -0.2) is 0 Å². The highest BCUT2D eigenvalue weighted by atomic mass is 35.5. The Balaban J connectivity index is 2.01. The third-order valence-corrected chi connectivity index (χ3v) is 3.17. The lowest BCUT2D eigenvalue weighted by Crippen LogP contribution is -2.13. The molecule has 0 spiro atoms. The van der Waals surface area contributed by atoms with E-state index in [2.05, 4.69) is 5.32 Å². The van der Waals surface area contributed by atoms with Crippen LogP contribution in [0.15, 0.2) is 36.4 Å². The van der Waals surface area contributed by atoms with Crippen molar-refractivity contribution in [1.29, 1.82) is 0 Å². The Labute approximate surface area is 115 Å². The molecule has 5 heteroatoms. The molecule has 2 rings (SSSR count). The normalized spacial score (nSPS) is 10.6. The first kappa shape index (κ1) is 13.5. The van der Waals surface area contributed by atoms with E-state index in [0.29, 0.717) is 23.7 Å². The highest BCUT2D eigenvalue weighted by Crippen LogP contribution is 2.36. The van der Waals surface area contributed by atoms with Crippen molar-refractivity contribution in [3.05, 3.63) is 52.5 Å². The van der Waals surface area contributed by atoms with Crippen LogP contribution in [0.1, 0.15) is 11.1 Å². The number of nitrogens with one attached hydrogen (secondary N) is 1. The fourth-order valence-electron chi connectivity index (χ4n) is 1.73. The number of halogens is 1. The number of phenols is 3. The summed E-state index contributed by atoms with van der Waals surface area (Å²) in [5.74, 6) is -1.16. The van der Waals surface area contributed by atoms with Gasteiger partial charge in [0.25, 0.3) is 0 Å². The summed E-state index contributed by atoms with van der Waals surface area (Å²) < 4.78 is 0. The van der Waals surface area contributed by atoms with Crippen molar-refractivity contribution in [2.75, 3.05) is 0 Å². The number of hydrogen-bond donors (Lipinski definition) is 4. The molecule has 0 saturated carbocycles. The molecule has 0 heterocycles. The van der Waals surface area contributed by atoms with Gasteiger partial charge < -0.3 is 20.6 Å². The lowest BCUT2D eigenvalue weighted by molar-refractivity contribution is 0.364. The SMILES string of the molecule is Oc1ccc(CNCc2ccccc2Cl)c(O)c1O. The van der Waals surface area contributed by atoms with E-state index in [4.69, 9.17) is 11.6 Å². The molecule has 100 valence electrons. The fraction of sp³-hybridized carbons (Fsp3) is 0.143. The summed E-state index contributed by atoms with van der Waals surface area (Å²) >= 11 is 6.02. The molecule has 0 unspecified atom stereocenters. The zero-order chi connectivity index (χ0) is 13.8. The molecule has 0 atom stereocenters.